The lowest BCUT2D eigenvalue weighted by atomic mass is 10.3. The van der Waals surface area contributed by atoms with E-state index in [1.165, 1.54) is 6.20 Å². The minimum Gasteiger partial charge on any atom is -0.382 e. The fourth-order valence-corrected chi connectivity index (χ4v) is 1.58. The van der Waals surface area contributed by atoms with Gasteiger partial charge in [0.2, 0.25) is 0 Å². The zero-order valence-corrected chi connectivity index (χ0v) is 10.9. The predicted molar refractivity (Wildman–Crippen MR) is 62.4 cm³/mol. The van der Waals surface area contributed by atoms with Crippen molar-refractivity contribution in [3.63, 3.8) is 0 Å². The van der Waals surface area contributed by atoms with Crippen LogP contribution in [0.1, 0.15) is 6.92 Å². The van der Waals surface area contributed by atoms with E-state index >= 15 is 0 Å². The van der Waals surface area contributed by atoms with Crippen LogP contribution in [0, 0.1) is 0 Å². The second-order valence-corrected chi connectivity index (χ2v) is 4.22. The van der Waals surface area contributed by atoms with Crippen molar-refractivity contribution in [2.75, 3.05) is 11.9 Å². The van der Waals surface area contributed by atoms with Crippen molar-refractivity contribution in [1.29, 1.82) is 0 Å². The molecule has 0 amide bonds. The zero-order valence-electron chi connectivity index (χ0n) is 9.33. The lowest BCUT2D eigenvalue weighted by Crippen LogP contribution is -2.35. The molecule has 1 unspecified atom stereocenters. The van der Waals surface area contributed by atoms with Gasteiger partial charge in [0.15, 0.2) is 6.10 Å². The summed E-state index contributed by atoms with van der Waals surface area (Å²) in [6, 6.07) is 0. The second-order valence-electron chi connectivity index (χ2n) is 3.43. The molecule has 18 heavy (non-hydrogen) atoms. The minimum absolute atomic E-state index is 0.0775. The number of alkyl halides is 3. The monoisotopic (exact) mass is 329 g/mol. The van der Waals surface area contributed by atoms with E-state index in [9.17, 15) is 18.0 Å². The zero-order chi connectivity index (χ0) is 13.9. The summed E-state index contributed by atoms with van der Waals surface area (Å²) in [5, 5.41) is 14.9. The Labute approximate surface area is 109 Å². The van der Waals surface area contributed by atoms with E-state index in [4.69, 9.17) is 5.11 Å². The maximum absolute atomic E-state index is 12.1. The molecule has 0 aliphatic heterocycles. The Morgan fingerprint density at radius 3 is 2.72 bits per heavy atom. The van der Waals surface area contributed by atoms with Crippen molar-refractivity contribution in [3.05, 3.63) is 21.0 Å². The number of anilines is 1. The first kappa shape index (κ1) is 15.0. The van der Waals surface area contributed by atoms with Gasteiger partial charge in [-0.15, -0.1) is 0 Å². The molecule has 0 aliphatic rings. The highest BCUT2D eigenvalue weighted by Gasteiger charge is 2.37. The van der Waals surface area contributed by atoms with Gasteiger partial charge in [-0.05, 0) is 22.9 Å². The van der Waals surface area contributed by atoms with Crippen LogP contribution in [0.3, 0.4) is 0 Å². The Morgan fingerprint density at radius 1 is 1.61 bits per heavy atom. The van der Waals surface area contributed by atoms with Crippen molar-refractivity contribution in [1.82, 2.24) is 9.78 Å². The summed E-state index contributed by atoms with van der Waals surface area (Å²) in [5.41, 5.74) is -0.350. The number of aromatic nitrogens is 2. The van der Waals surface area contributed by atoms with E-state index in [0.29, 0.717) is 6.54 Å². The molecule has 0 spiro atoms. The Balaban J connectivity index is 2.81. The highest BCUT2D eigenvalue weighted by molar-refractivity contribution is 9.10. The normalized spacial score (nSPS) is 13.4. The molecule has 1 rings (SSSR count). The average molecular weight is 330 g/mol. The van der Waals surface area contributed by atoms with Crippen molar-refractivity contribution < 1.29 is 18.3 Å². The van der Waals surface area contributed by atoms with Crippen LogP contribution in [0.5, 0.6) is 0 Å². The van der Waals surface area contributed by atoms with Gasteiger partial charge >= 0.3 is 6.18 Å². The summed E-state index contributed by atoms with van der Waals surface area (Å²) in [6.45, 7) is 1.31. The van der Waals surface area contributed by atoms with Crippen molar-refractivity contribution in [3.8, 4) is 0 Å². The largest absolute Gasteiger partial charge is 0.416 e. The molecule has 1 aromatic rings. The minimum atomic E-state index is -4.70. The smallest absolute Gasteiger partial charge is 0.382 e. The van der Waals surface area contributed by atoms with Crippen LogP contribution in [0.2, 0.25) is 0 Å². The Bertz CT molecular complexity index is 475. The maximum atomic E-state index is 12.1. The van der Waals surface area contributed by atoms with Gasteiger partial charge in [0.05, 0.1) is 11.9 Å². The molecular weight excluding hydrogens is 319 g/mol. The molecule has 0 aromatic carbocycles. The number of aliphatic hydroxyl groups excluding tert-OH is 1. The molecule has 0 fully saturated rings. The number of hydrogen-bond acceptors (Lipinski definition) is 4. The van der Waals surface area contributed by atoms with Crippen LogP contribution in [-0.4, -0.2) is 33.7 Å². The highest BCUT2D eigenvalue weighted by atomic mass is 79.9. The van der Waals surface area contributed by atoms with Crippen molar-refractivity contribution in [2.45, 2.75) is 25.7 Å². The molecule has 0 saturated heterocycles. The number of halogens is 4. The van der Waals surface area contributed by atoms with E-state index in [1.54, 1.807) is 6.92 Å². The molecule has 0 bridgehead atoms. The van der Waals surface area contributed by atoms with Crippen LogP contribution in [-0.2, 0) is 6.54 Å². The van der Waals surface area contributed by atoms with Crippen molar-refractivity contribution in [2.24, 2.45) is 0 Å². The summed E-state index contributed by atoms with van der Waals surface area (Å²) >= 11 is 2.97. The lowest BCUT2D eigenvalue weighted by molar-refractivity contribution is -0.198. The van der Waals surface area contributed by atoms with E-state index in [2.05, 4.69) is 26.3 Å². The maximum Gasteiger partial charge on any atom is 0.416 e. The van der Waals surface area contributed by atoms with E-state index in [0.717, 1.165) is 4.68 Å². The molecule has 1 atom stereocenters. The molecule has 0 saturated carbocycles. The molecule has 9 heteroatoms. The summed E-state index contributed by atoms with van der Waals surface area (Å²) in [6.07, 6.45) is -5.98. The molecule has 102 valence electrons. The van der Waals surface area contributed by atoms with Crippen LogP contribution < -0.4 is 10.9 Å². The van der Waals surface area contributed by atoms with Crippen LogP contribution in [0.4, 0.5) is 18.9 Å². The lowest BCUT2D eigenvalue weighted by Gasteiger charge is -2.16. The molecule has 1 heterocycles. The number of nitrogens with zero attached hydrogens (tertiary/aromatic N) is 2. The van der Waals surface area contributed by atoms with Gasteiger partial charge in [0, 0.05) is 13.1 Å². The molecule has 5 nitrogen and oxygen atoms in total. The molecule has 1 aromatic heterocycles. The van der Waals surface area contributed by atoms with Crippen LogP contribution in [0.25, 0.3) is 0 Å². The molecule has 2 N–H and O–H groups in total. The van der Waals surface area contributed by atoms with Gasteiger partial charge in [-0.25, -0.2) is 4.68 Å². The quantitative estimate of drug-likeness (QED) is 0.875. The third-order valence-corrected chi connectivity index (χ3v) is 2.91. The number of nitrogens with one attached hydrogen (secondary N) is 1. The summed E-state index contributed by atoms with van der Waals surface area (Å²) in [4.78, 5) is 11.6. The third kappa shape index (κ3) is 3.45. The van der Waals surface area contributed by atoms with Crippen LogP contribution in [0.15, 0.2) is 15.5 Å². The van der Waals surface area contributed by atoms with E-state index < -0.39 is 24.4 Å². The predicted octanol–water partition coefficient (Wildman–Crippen LogP) is 1.36. The summed E-state index contributed by atoms with van der Waals surface area (Å²) in [5.74, 6) is 0. The fourth-order valence-electron chi connectivity index (χ4n) is 1.14. The second kappa shape index (κ2) is 5.70. The van der Waals surface area contributed by atoms with Crippen molar-refractivity contribution >= 4 is 21.6 Å². The first-order chi connectivity index (χ1) is 8.27. The van der Waals surface area contributed by atoms with Gasteiger partial charge in [-0.2, -0.15) is 18.3 Å². The van der Waals surface area contributed by atoms with Crippen LogP contribution >= 0.6 is 15.9 Å². The van der Waals surface area contributed by atoms with Gasteiger partial charge < -0.3 is 10.4 Å². The Morgan fingerprint density at radius 2 is 2.22 bits per heavy atom. The SMILES string of the molecule is CCn1ncc(NCC(O)C(F)(F)F)c(Br)c1=O. The number of aliphatic hydroxyl groups is 1. The third-order valence-electron chi connectivity index (χ3n) is 2.15. The van der Waals surface area contributed by atoms with Gasteiger partial charge in [0.1, 0.15) is 4.47 Å². The standard InChI is InChI=1S/C9H11BrF3N3O2/c1-2-16-8(18)7(10)5(3-15-16)14-4-6(17)9(11,12)13/h3,6,14,17H,2,4H2,1H3. The molecular formula is C9H11BrF3N3O2. The summed E-state index contributed by atoms with van der Waals surface area (Å²) < 4.78 is 37.4. The van der Waals surface area contributed by atoms with Gasteiger partial charge in [-0.1, -0.05) is 0 Å². The van der Waals surface area contributed by atoms with Gasteiger partial charge in [-0.3, -0.25) is 4.79 Å². The first-order valence-electron chi connectivity index (χ1n) is 5.01. The van der Waals surface area contributed by atoms with E-state index in [-0.39, 0.29) is 10.2 Å². The fraction of sp³-hybridized carbons (Fsp3) is 0.556. The molecule has 0 radical (unpaired) electrons. The number of rotatable bonds is 4. The Hall–Kier alpha value is -1.09. The molecule has 0 aliphatic carbocycles. The number of aryl methyl sites for hydroxylation is 1. The Kier molecular flexibility index (Phi) is 4.74. The van der Waals surface area contributed by atoms with Gasteiger partial charge in [0.25, 0.3) is 5.56 Å². The number of hydrogen-bond donors (Lipinski definition) is 2. The highest BCUT2D eigenvalue weighted by Crippen LogP contribution is 2.21. The average Bonchev–Trinajstić information content (AvgIpc) is 2.29. The summed E-state index contributed by atoms with van der Waals surface area (Å²) in [7, 11) is 0. The van der Waals surface area contributed by atoms with E-state index in [1.807, 2.05) is 0 Å². The first-order valence-corrected chi connectivity index (χ1v) is 5.81. The topological polar surface area (TPSA) is 67.2 Å².